The van der Waals surface area contributed by atoms with E-state index in [1.807, 2.05) is 6.07 Å². The number of primary amides is 1. The number of ether oxygens (including phenoxy) is 1. The summed E-state index contributed by atoms with van der Waals surface area (Å²) >= 11 is 0. The van der Waals surface area contributed by atoms with Gasteiger partial charge in [0.25, 0.3) is 0 Å². The highest BCUT2D eigenvalue weighted by Gasteiger charge is 2.40. The zero-order chi connectivity index (χ0) is 19.6. The minimum Gasteiger partial charge on any atom is -0.493 e. The number of nitrogens with zero attached hydrogens (tertiary/aromatic N) is 1. The Morgan fingerprint density at radius 1 is 1.44 bits per heavy atom. The van der Waals surface area contributed by atoms with Crippen molar-refractivity contribution in [3.05, 3.63) is 24.0 Å². The topological polar surface area (TPSA) is 106 Å². The fourth-order valence-corrected chi connectivity index (χ4v) is 3.65. The molecular formula is C20H26N2O5. The minimum atomic E-state index is -1.58. The molecule has 1 saturated carbocycles. The van der Waals surface area contributed by atoms with E-state index in [9.17, 15) is 14.7 Å². The lowest BCUT2D eigenvalue weighted by Gasteiger charge is -2.34. The van der Waals surface area contributed by atoms with Crippen molar-refractivity contribution in [2.24, 2.45) is 11.7 Å². The summed E-state index contributed by atoms with van der Waals surface area (Å²) in [5.41, 5.74) is 4.84. The first-order valence-corrected chi connectivity index (χ1v) is 9.22. The SMILES string of the molecule is Cc1oc2ccc(OCC3CCCC3)cc2c1N(C=O)C(C)(CO)C(N)=O. The molecule has 2 aromatic rings. The van der Waals surface area contributed by atoms with Gasteiger partial charge in [-0.1, -0.05) is 12.8 Å². The van der Waals surface area contributed by atoms with E-state index >= 15 is 0 Å². The number of carbonyl (C=O) groups is 2. The quantitative estimate of drug-likeness (QED) is 0.691. The van der Waals surface area contributed by atoms with Crippen LogP contribution in [-0.2, 0) is 9.59 Å². The molecule has 1 aliphatic carbocycles. The number of nitrogens with two attached hydrogens (primary N) is 1. The number of carbonyl (C=O) groups excluding carboxylic acids is 2. The van der Waals surface area contributed by atoms with Crippen LogP contribution in [0.5, 0.6) is 5.75 Å². The average Bonchev–Trinajstić information content (AvgIpc) is 3.28. The predicted molar refractivity (Wildman–Crippen MR) is 102 cm³/mol. The van der Waals surface area contributed by atoms with Crippen molar-refractivity contribution in [2.45, 2.75) is 45.1 Å². The van der Waals surface area contributed by atoms with E-state index in [4.69, 9.17) is 14.9 Å². The Morgan fingerprint density at radius 2 is 2.15 bits per heavy atom. The largest absolute Gasteiger partial charge is 0.493 e. The van der Waals surface area contributed by atoms with E-state index in [0.717, 1.165) is 4.90 Å². The van der Waals surface area contributed by atoms with E-state index < -0.39 is 18.1 Å². The minimum absolute atomic E-state index is 0.404. The van der Waals surface area contributed by atoms with Crippen molar-refractivity contribution in [3.63, 3.8) is 0 Å². The van der Waals surface area contributed by atoms with Gasteiger partial charge in [-0.15, -0.1) is 0 Å². The van der Waals surface area contributed by atoms with Gasteiger partial charge in [0.15, 0.2) is 0 Å². The number of amides is 2. The first-order chi connectivity index (χ1) is 12.9. The van der Waals surface area contributed by atoms with Crippen LogP contribution in [0.1, 0.15) is 38.4 Å². The molecule has 1 aromatic carbocycles. The van der Waals surface area contributed by atoms with Crippen LogP contribution in [0.2, 0.25) is 0 Å². The average molecular weight is 374 g/mol. The van der Waals surface area contributed by atoms with Gasteiger partial charge in [-0.3, -0.25) is 14.5 Å². The Kier molecular flexibility index (Phi) is 5.41. The summed E-state index contributed by atoms with van der Waals surface area (Å²) in [6, 6.07) is 5.40. The molecule has 3 N–H and O–H groups in total. The van der Waals surface area contributed by atoms with Gasteiger partial charge >= 0.3 is 0 Å². The molecule has 27 heavy (non-hydrogen) atoms. The maximum Gasteiger partial charge on any atom is 0.245 e. The van der Waals surface area contributed by atoms with Crippen LogP contribution < -0.4 is 15.4 Å². The van der Waals surface area contributed by atoms with Gasteiger partial charge in [0, 0.05) is 5.39 Å². The van der Waals surface area contributed by atoms with Gasteiger partial charge < -0.3 is 20.0 Å². The smallest absolute Gasteiger partial charge is 0.245 e. The Labute approximate surface area is 158 Å². The zero-order valence-electron chi connectivity index (χ0n) is 15.7. The molecule has 0 saturated heterocycles. The van der Waals surface area contributed by atoms with E-state index in [-0.39, 0.29) is 0 Å². The molecule has 1 aliphatic rings. The standard InChI is InChI=1S/C20H26N2O5/c1-13-18(22(12-24)20(2,11-23)19(21)25)16-9-15(7-8-17(16)27-13)26-10-14-5-3-4-6-14/h7-9,12,14,23H,3-6,10-11H2,1-2H3,(H2,21,25). The lowest BCUT2D eigenvalue weighted by Crippen LogP contribution is -2.58. The third-order valence-corrected chi connectivity index (χ3v) is 5.48. The molecule has 0 aliphatic heterocycles. The van der Waals surface area contributed by atoms with Crippen molar-refractivity contribution in [2.75, 3.05) is 18.1 Å². The summed E-state index contributed by atoms with van der Waals surface area (Å²) in [6.45, 7) is 3.17. The lowest BCUT2D eigenvalue weighted by atomic mass is 9.99. The zero-order valence-corrected chi connectivity index (χ0v) is 15.7. The molecule has 0 spiro atoms. The van der Waals surface area contributed by atoms with Gasteiger partial charge in [0.05, 0.1) is 18.9 Å². The summed E-state index contributed by atoms with van der Waals surface area (Å²) in [5, 5.41) is 10.4. The van der Waals surface area contributed by atoms with Gasteiger partial charge in [-0.05, 0) is 50.8 Å². The second kappa shape index (κ2) is 7.60. The molecule has 146 valence electrons. The molecule has 0 bridgehead atoms. The van der Waals surface area contributed by atoms with Crippen LogP contribution in [0.15, 0.2) is 22.6 Å². The molecule has 1 fully saturated rings. The third-order valence-electron chi connectivity index (χ3n) is 5.48. The number of fused-ring (bicyclic) bond motifs is 1. The molecule has 1 aromatic heterocycles. The van der Waals surface area contributed by atoms with Gasteiger partial charge in [0.1, 0.15) is 22.6 Å². The van der Waals surface area contributed by atoms with Crippen LogP contribution in [0.4, 0.5) is 5.69 Å². The molecule has 1 atom stereocenters. The van der Waals surface area contributed by atoms with Crippen molar-refractivity contribution >= 4 is 29.0 Å². The molecule has 7 heteroatoms. The number of benzene rings is 1. The number of hydrogen-bond acceptors (Lipinski definition) is 5. The molecular weight excluding hydrogens is 348 g/mol. The fourth-order valence-electron chi connectivity index (χ4n) is 3.65. The second-order valence-corrected chi connectivity index (χ2v) is 7.40. The van der Waals surface area contributed by atoms with Crippen molar-refractivity contribution in [1.82, 2.24) is 0 Å². The molecule has 1 unspecified atom stereocenters. The molecule has 1 heterocycles. The highest BCUT2D eigenvalue weighted by Crippen LogP contribution is 2.38. The number of aliphatic hydroxyl groups is 1. The number of hydrogen-bond donors (Lipinski definition) is 2. The van der Waals surface area contributed by atoms with Crippen molar-refractivity contribution in [3.8, 4) is 5.75 Å². The Morgan fingerprint density at radius 3 is 2.74 bits per heavy atom. The second-order valence-electron chi connectivity index (χ2n) is 7.40. The maximum absolute atomic E-state index is 11.9. The maximum atomic E-state index is 11.9. The monoisotopic (exact) mass is 374 g/mol. The highest BCUT2D eigenvalue weighted by molar-refractivity contribution is 6.03. The van der Waals surface area contributed by atoms with Crippen LogP contribution in [0, 0.1) is 12.8 Å². The number of furan rings is 1. The Bertz CT molecular complexity index is 840. The summed E-state index contributed by atoms with van der Waals surface area (Å²) in [7, 11) is 0. The van der Waals surface area contributed by atoms with Crippen LogP contribution >= 0.6 is 0 Å². The number of aliphatic hydroxyl groups excluding tert-OH is 1. The molecule has 7 nitrogen and oxygen atoms in total. The van der Waals surface area contributed by atoms with Crippen LogP contribution in [0.3, 0.4) is 0 Å². The van der Waals surface area contributed by atoms with E-state index in [1.165, 1.54) is 32.6 Å². The Balaban J connectivity index is 1.98. The van der Waals surface area contributed by atoms with E-state index in [1.54, 1.807) is 19.1 Å². The van der Waals surface area contributed by atoms with Gasteiger partial charge in [0.2, 0.25) is 12.3 Å². The number of anilines is 1. The molecule has 2 amide bonds. The first-order valence-electron chi connectivity index (χ1n) is 9.22. The summed E-state index contributed by atoms with van der Waals surface area (Å²) in [4.78, 5) is 24.9. The highest BCUT2D eigenvalue weighted by atomic mass is 16.5. The summed E-state index contributed by atoms with van der Waals surface area (Å²) in [6.07, 6.45) is 5.36. The van der Waals surface area contributed by atoms with Gasteiger partial charge in [-0.25, -0.2) is 0 Å². The number of rotatable bonds is 8. The van der Waals surface area contributed by atoms with Crippen molar-refractivity contribution < 1.29 is 23.8 Å². The first kappa shape index (κ1) is 19.2. The third kappa shape index (κ3) is 3.51. The van der Waals surface area contributed by atoms with E-state index in [2.05, 4.69) is 0 Å². The van der Waals surface area contributed by atoms with E-state index in [0.29, 0.717) is 47.1 Å². The fraction of sp³-hybridized carbons (Fsp3) is 0.500. The lowest BCUT2D eigenvalue weighted by molar-refractivity contribution is -0.126. The number of aryl methyl sites for hydroxylation is 1. The Hall–Kier alpha value is -2.54. The normalized spacial score (nSPS) is 17.0. The molecule has 0 radical (unpaired) electrons. The summed E-state index contributed by atoms with van der Waals surface area (Å²) in [5.74, 6) is 0.891. The predicted octanol–water partition coefficient (Wildman–Crippen LogP) is 2.51. The van der Waals surface area contributed by atoms with Crippen molar-refractivity contribution in [1.29, 1.82) is 0 Å². The summed E-state index contributed by atoms with van der Waals surface area (Å²) < 4.78 is 11.7. The van der Waals surface area contributed by atoms with Crippen LogP contribution in [-0.4, -0.2) is 36.2 Å². The van der Waals surface area contributed by atoms with Gasteiger partial charge in [-0.2, -0.15) is 0 Å². The van der Waals surface area contributed by atoms with Crippen LogP contribution in [0.25, 0.3) is 11.0 Å². The molecule has 3 rings (SSSR count).